The second kappa shape index (κ2) is 7.20. The SMILES string of the molecule is Cc1cc(N)cc([C@H]2CN(C(=O)Cc3ccc(Cl)cc3)CCO2)n1. The van der Waals surface area contributed by atoms with Crippen molar-refractivity contribution in [3.63, 3.8) is 0 Å². The molecular formula is C18H20ClN3O2. The molecule has 0 saturated carbocycles. The van der Waals surface area contributed by atoms with E-state index in [0.717, 1.165) is 17.0 Å². The molecule has 3 rings (SSSR count). The molecule has 5 nitrogen and oxygen atoms in total. The molecular weight excluding hydrogens is 326 g/mol. The topological polar surface area (TPSA) is 68.5 Å². The third-order valence-corrected chi connectivity index (χ3v) is 4.27. The van der Waals surface area contributed by atoms with Gasteiger partial charge in [0, 0.05) is 22.9 Å². The molecule has 2 aromatic rings. The molecule has 1 amide bonds. The fraction of sp³-hybridized carbons (Fsp3) is 0.333. The smallest absolute Gasteiger partial charge is 0.227 e. The summed E-state index contributed by atoms with van der Waals surface area (Å²) < 4.78 is 5.79. The Morgan fingerprint density at radius 2 is 2.12 bits per heavy atom. The van der Waals surface area contributed by atoms with Crippen molar-refractivity contribution in [3.05, 3.63) is 58.4 Å². The zero-order chi connectivity index (χ0) is 17.1. The minimum Gasteiger partial charge on any atom is -0.399 e. The molecule has 24 heavy (non-hydrogen) atoms. The third-order valence-electron chi connectivity index (χ3n) is 4.01. The first kappa shape index (κ1) is 16.7. The zero-order valence-corrected chi connectivity index (χ0v) is 14.3. The van der Waals surface area contributed by atoms with Gasteiger partial charge in [0.1, 0.15) is 6.10 Å². The number of morpholine rings is 1. The van der Waals surface area contributed by atoms with Crippen molar-refractivity contribution in [3.8, 4) is 0 Å². The van der Waals surface area contributed by atoms with Crippen molar-refractivity contribution in [2.45, 2.75) is 19.4 Å². The number of halogens is 1. The average Bonchev–Trinajstić information content (AvgIpc) is 2.56. The summed E-state index contributed by atoms with van der Waals surface area (Å²) in [5, 5.41) is 0.667. The Kier molecular flexibility index (Phi) is 5.02. The number of benzene rings is 1. The van der Waals surface area contributed by atoms with E-state index in [0.29, 0.717) is 36.8 Å². The molecule has 6 heteroatoms. The van der Waals surface area contributed by atoms with E-state index in [1.165, 1.54) is 0 Å². The van der Waals surface area contributed by atoms with Crippen LogP contribution in [-0.4, -0.2) is 35.5 Å². The molecule has 1 saturated heterocycles. The second-order valence-corrected chi connectivity index (χ2v) is 6.41. The lowest BCUT2D eigenvalue weighted by Gasteiger charge is -2.33. The monoisotopic (exact) mass is 345 g/mol. The Hall–Kier alpha value is -2.11. The normalized spacial score (nSPS) is 17.8. The van der Waals surface area contributed by atoms with Crippen molar-refractivity contribution in [1.82, 2.24) is 9.88 Å². The Morgan fingerprint density at radius 3 is 2.83 bits per heavy atom. The van der Waals surface area contributed by atoms with Gasteiger partial charge in [-0.1, -0.05) is 23.7 Å². The van der Waals surface area contributed by atoms with Gasteiger partial charge in [-0.25, -0.2) is 0 Å². The first-order chi connectivity index (χ1) is 11.5. The number of aryl methyl sites for hydroxylation is 1. The number of carbonyl (C=O) groups excluding carboxylic acids is 1. The van der Waals surface area contributed by atoms with Crippen LogP contribution in [0.5, 0.6) is 0 Å². The lowest BCUT2D eigenvalue weighted by Crippen LogP contribution is -2.43. The highest BCUT2D eigenvalue weighted by Crippen LogP contribution is 2.23. The molecule has 1 fully saturated rings. The van der Waals surface area contributed by atoms with Gasteiger partial charge in [-0.2, -0.15) is 0 Å². The van der Waals surface area contributed by atoms with Gasteiger partial charge in [-0.15, -0.1) is 0 Å². The van der Waals surface area contributed by atoms with Gasteiger partial charge in [0.05, 0.1) is 25.3 Å². The van der Waals surface area contributed by atoms with Crippen LogP contribution in [0.1, 0.15) is 23.1 Å². The van der Waals surface area contributed by atoms with Crippen molar-refractivity contribution in [1.29, 1.82) is 0 Å². The maximum absolute atomic E-state index is 12.6. The first-order valence-electron chi connectivity index (χ1n) is 7.89. The van der Waals surface area contributed by atoms with Crippen LogP contribution in [0, 0.1) is 6.92 Å². The Labute approximate surface area is 146 Å². The number of nitrogens with two attached hydrogens (primary N) is 1. The van der Waals surface area contributed by atoms with Crippen LogP contribution < -0.4 is 5.73 Å². The predicted molar refractivity (Wildman–Crippen MR) is 93.8 cm³/mol. The summed E-state index contributed by atoms with van der Waals surface area (Å²) in [5.41, 5.74) is 9.12. The molecule has 0 aliphatic carbocycles. The number of hydrogen-bond acceptors (Lipinski definition) is 4. The summed E-state index contributed by atoms with van der Waals surface area (Å²) in [4.78, 5) is 18.9. The van der Waals surface area contributed by atoms with E-state index in [9.17, 15) is 4.79 Å². The summed E-state index contributed by atoms with van der Waals surface area (Å²) in [7, 11) is 0. The molecule has 2 heterocycles. The molecule has 126 valence electrons. The summed E-state index contributed by atoms with van der Waals surface area (Å²) in [6, 6.07) is 11.0. The maximum Gasteiger partial charge on any atom is 0.227 e. The van der Waals surface area contributed by atoms with Crippen LogP contribution in [-0.2, 0) is 16.0 Å². The number of pyridine rings is 1. The van der Waals surface area contributed by atoms with Gasteiger partial charge in [0.2, 0.25) is 5.91 Å². The Morgan fingerprint density at radius 1 is 1.38 bits per heavy atom. The third kappa shape index (κ3) is 4.04. The van der Waals surface area contributed by atoms with Crippen LogP contribution in [0.4, 0.5) is 5.69 Å². The zero-order valence-electron chi connectivity index (χ0n) is 13.5. The van der Waals surface area contributed by atoms with E-state index in [-0.39, 0.29) is 12.0 Å². The van der Waals surface area contributed by atoms with E-state index in [1.807, 2.05) is 36.1 Å². The van der Waals surface area contributed by atoms with E-state index in [1.54, 1.807) is 12.1 Å². The highest BCUT2D eigenvalue weighted by molar-refractivity contribution is 6.30. The number of nitrogen functional groups attached to an aromatic ring is 1. The summed E-state index contributed by atoms with van der Waals surface area (Å²) in [5.74, 6) is 0.0752. The largest absolute Gasteiger partial charge is 0.399 e. The van der Waals surface area contributed by atoms with E-state index in [2.05, 4.69) is 4.98 Å². The first-order valence-corrected chi connectivity index (χ1v) is 8.27. The van der Waals surface area contributed by atoms with Crippen LogP contribution >= 0.6 is 11.6 Å². The van der Waals surface area contributed by atoms with Crippen LogP contribution in [0.15, 0.2) is 36.4 Å². The highest BCUT2D eigenvalue weighted by atomic mass is 35.5. The molecule has 1 aromatic heterocycles. The number of hydrogen-bond donors (Lipinski definition) is 1. The van der Waals surface area contributed by atoms with Gasteiger partial charge in [-0.05, 0) is 36.8 Å². The number of ether oxygens (including phenoxy) is 1. The molecule has 0 unspecified atom stereocenters. The van der Waals surface area contributed by atoms with Crippen LogP contribution in [0.2, 0.25) is 5.02 Å². The molecule has 1 aromatic carbocycles. The number of aromatic nitrogens is 1. The molecule has 1 atom stereocenters. The molecule has 1 aliphatic rings. The van der Waals surface area contributed by atoms with Gasteiger partial charge in [0.15, 0.2) is 0 Å². The highest BCUT2D eigenvalue weighted by Gasteiger charge is 2.26. The standard InChI is InChI=1S/C18H20ClN3O2/c1-12-8-15(20)10-16(21-12)17-11-22(6-7-24-17)18(23)9-13-2-4-14(19)5-3-13/h2-5,8,10,17H,6-7,9,11H2,1H3,(H2,20,21)/t17-/m1/s1. The molecule has 0 spiro atoms. The predicted octanol–water partition coefficient (Wildman–Crippen LogP) is 2.77. The van der Waals surface area contributed by atoms with Crippen LogP contribution in [0.25, 0.3) is 0 Å². The second-order valence-electron chi connectivity index (χ2n) is 5.97. The van der Waals surface area contributed by atoms with Crippen molar-refractivity contribution >= 4 is 23.2 Å². The van der Waals surface area contributed by atoms with Crippen molar-refractivity contribution in [2.24, 2.45) is 0 Å². The molecule has 0 bridgehead atoms. The minimum atomic E-state index is -0.241. The van der Waals surface area contributed by atoms with Crippen molar-refractivity contribution in [2.75, 3.05) is 25.4 Å². The van der Waals surface area contributed by atoms with E-state index in [4.69, 9.17) is 22.1 Å². The lowest BCUT2D eigenvalue weighted by atomic mass is 10.1. The fourth-order valence-corrected chi connectivity index (χ4v) is 2.96. The molecule has 0 radical (unpaired) electrons. The summed E-state index contributed by atoms with van der Waals surface area (Å²) >= 11 is 5.88. The lowest BCUT2D eigenvalue weighted by molar-refractivity contribution is -0.138. The van der Waals surface area contributed by atoms with E-state index < -0.39 is 0 Å². The number of amides is 1. The van der Waals surface area contributed by atoms with Crippen LogP contribution in [0.3, 0.4) is 0 Å². The van der Waals surface area contributed by atoms with Gasteiger partial charge < -0.3 is 15.4 Å². The Bertz CT molecular complexity index is 713. The van der Waals surface area contributed by atoms with Crippen molar-refractivity contribution < 1.29 is 9.53 Å². The number of anilines is 1. The number of nitrogens with zero attached hydrogens (tertiary/aromatic N) is 2. The average molecular weight is 346 g/mol. The van der Waals surface area contributed by atoms with E-state index >= 15 is 0 Å². The molecule has 1 aliphatic heterocycles. The minimum absolute atomic E-state index is 0.0752. The number of rotatable bonds is 3. The van der Waals surface area contributed by atoms with Gasteiger partial charge >= 0.3 is 0 Å². The Balaban J connectivity index is 1.68. The summed E-state index contributed by atoms with van der Waals surface area (Å²) in [6.07, 6.45) is 0.114. The number of carbonyl (C=O) groups is 1. The van der Waals surface area contributed by atoms with Gasteiger partial charge in [0.25, 0.3) is 0 Å². The quantitative estimate of drug-likeness (QED) is 0.928. The summed E-state index contributed by atoms with van der Waals surface area (Å²) in [6.45, 7) is 3.46. The maximum atomic E-state index is 12.6. The fourth-order valence-electron chi connectivity index (χ4n) is 2.83. The van der Waals surface area contributed by atoms with Gasteiger partial charge in [-0.3, -0.25) is 9.78 Å². The molecule has 2 N–H and O–H groups in total.